The molecule has 0 fully saturated rings. The minimum Gasteiger partial charge on any atom is -0.396 e. The van der Waals surface area contributed by atoms with Gasteiger partial charge in [-0.25, -0.2) is 0 Å². The number of nitrogens with zero attached hydrogens (tertiary/aromatic N) is 2. The van der Waals surface area contributed by atoms with Gasteiger partial charge in [-0.1, -0.05) is 81.6 Å². The van der Waals surface area contributed by atoms with Gasteiger partial charge in [0.1, 0.15) is 0 Å². The maximum Gasteiger partial charge on any atom is 0.0820 e. The van der Waals surface area contributed by atoms with Crippen molar-refractivity contribution < 1.29 is 4.48 Å². The van der Waals surface area contributed by atoms with E-state index in [1.54, 1.807) is 0 Å². The van der Waals surface area contributed by atoms with Crippen LogP contribution in [0.4, 0.5) is 5.69 Å². The minimum atomic E-state index is 0.192. The molecule has 1 aliphatic heterocycles. The number of allylic oxidation sites excluding steroid dienone is 2. The molecule has 6 heteroatoms. The summed E-state index contributed by atoms with van der Waals surface area (Å²) in [4.78, 5) is 2.29. The number of para-hydroxylation sites is 1. The van der Waals surface area contributed by atoms with Gasteiger partial charge in [-0.15, -0.1) is 0 Å². The van der Waals surface area contributed by atoms with Crippen molar-refractivity contribution in [2.24, 2.45) is 17.0 Å². The molecule has 0 aliphatic carbocycles. The molecule has 1 aliphatic rings. The number of benzene rings is 2. The lowest BCUT2D eigenvalue weighted by Gasteiger charge is -2.34. The highest BCUT2D eigenvalue weighted by Gasteiger charge is 2.25. The van der Waals surface area contributed by atoms with Gasteiger partial charge in [-0.3, -0.25) is 5.84 Å². The minimum absolute atomic E-state index is 0.192. The Labute approximate surface area is 249 Å². The van der Waals surface area contributed by atoms with Crippen LogP contribution in [0.1, 0.15) is 69.6 Å². The van der Waals surface area contributed by atoms with Crippen molar-refractivity contribution in [3.8, 4) is 0 Å². The normalized spacial score (nSPS) is 15.3. The summed E-state index contributed by atoms with van der Waals surface area (Å²) in [6.45, 7) is 23.6. The Kier molecular flexibility index (Phi) is 10.9. The number of fused-ring (bicyclic) bond motifs is 2. The summed E-state index contributed by atoms with van der Waals surface area (Å²) in [5.74, 6) is 5.95. The van der Waals surface area contributed by atoms with Crippen molar-refractivity contribution in [3.05, 3.63) is 102 Å². The number of hydrogen-bond acceptors (Lipinski definition) is 5. The van der Waals surface area contributed by atoms with Gasteiger partial charge in [0, 0.05) is 48.5 Å². The zero-order valence-corrected chi connectivity index (χ0v) is 26.2. The highest BCUT2D eigenvalue weighted by atomic mass is 15.3. The third-order valence-electron chi connectivity index (χ3n) is 8.19. The van der Waals surface area contributed by atoms with Crippen LogP contribution in [0.15, 0.2) is 85.2 Å². The lowest BCUT2D eigenvalue weighted by molar-refractivity contribution is -0.890. The molecule has 0 unspecified atom stereocenters. The van der Waals surface area contributed by atoms with Gasteiger partial charge in [-0.05, 0) is 43.2 Å². The molecule has 0 aromatic heterocycles. The molecule has 0 atom stereocenters. The fourth-order valence-corrected chi connectivity index (χ4v) is 5.20. The first-order valence-electron chi connectivity index (χ1n) is 14.8. The van der Waals surface area contributed by atoms with Crippen LogP contribution in [-0.4, -0.2) is 38.2 Å². The Hall–Kier alpha value is -3.48. The molecule has 0 saturated heterocycles. The van der Waals surface area contributed by atoms with E-state index in [2.05, 4.69) is 94.5 Å². The van der Waals surface area contributed by atoms with E-state index < -0.39 is 0 Å². The van der Waals surface area contributed by atoms with Gasteiger partial charge in [0.15, 0.2) is 0 Å². The number of quaternary nitrogens is 1. The third-order valence-corrected chi connectivity index (χ3v) is 8.19. The van der Waals surface area contributed by atoms with Gasteiger partial charge >= 0.3 is 0 Å². The number of nitrogens with two attached hydrogens (primary N) is 2. The van der Waals surface area contributed by atoms with E-state index >= 15 is 0 Å². The van der Waals surface area contributed by atoms with Gasteiger partial charge in [0.2, 0.25) is 0 Å². The van der Waals surface area contributed by atoms with Crippen LogP contribution in [0.2, 0.25) is 0 Å². The first kappa shape index (κ1) is 32.0. The largest absolute Gasteiger partial charge is 0.396 e. The molecule has 0 bridgehead atoms. The van der Waals surface area contributed by atoms with Crippen LogP contribution in [0.3, 0.4) is 0 Å². The Morgan fingerprint density at radius 2 is 1.61 bits per heavy atom. The molecule has 6 nitrogen and oxygen atoms in total. The SMILES string of the molecule is C=C(C)CC[N+](C)(C)CCC(C)(C)CNC(=C)CCCC(=C)N1Cc2ccccc2/C(NN)=C(/N)c2ccccc21. The second kappa shape index (κ2) is 13.9. The predicted octanol–water partition coefficient (Wildman–Crippen LogP) is 6.50. The molecule has 1 heterocycles. The van der Waals surface area contributed by atoms with Crippen LogP contribution in [-0.2, 0) is 6.54 Å². The molecule has 2 aromatic carbocycles. The van der Waals surface area contributed by atoms with Gasteiger partial charge in [0.25, 0.3) is 0 Å². The second-order valence-corrected chi connectivity index (χ2v) is 13.1. The van der Waals surface area contributed by atoms with Crippen molar-refractivity contribution in [2.75, 3.05) is 38.6 Å². The van der Waals surface area contributed by atoms with E-state index in [1.807, 2.05) is 24.3 Å². The highest BCUT2D eigenvalue weighted by molar-refractivity contribution is 5.94. The van der Waals surface area contributed by atoms with Gasteiger partial charge in [-0.2, -0.15) is 0 Å². The molecule has 0 radical (unpaired) electrons. The second-order valence-electron chi connectivity index (χ2n) is 13.1. The summed E-state index contributed by atoms with van der Waals surface area (Å²) in [6, 6.07) is 16.5. The maximum absolute atomic E-state index is 6.68. The topological polar surface area (TPSA) is 79.3 Å². The third kappa shape index (κ3) is 9.00. The van der Waals surface area contributed by atoms with Crippen molar-refractivity contribution in [3.63, 3.8) is 0 Å². The molecule has 6 N–H and O–H groups in total. The highest BCUT2D eigenvalue weighted by Crippen LogP contribution is 2.36. The van der Waals surface area contributed by atoms with Crippen LogP contribution in [0, 0.1) is 5.41 Å². The predicted molar refractivity (Wildman–Crippen MR) is 177 cm³/mol. The number of hydrogen-bond donors (Lipinski definition) is 4. The summed E-state index contributed by atoms with van der Waals surface area (Å²) < 4.78 is 1.02. The number of anilines is 1. The van der Waals surface area contributed by atoms with E-state index in [1.165, 1.54) is 5.57 Å². The zero-order chi connectivity index (χ0) is 30.2. The summed E-state index contributed by atoms with van der Waals surface area (Å²) >= 11 is 0. The molecule has 222 valence electrons. The van der Waals surface area contributed by atoms with Gasteiger partial charge < -0.3 is 25.9 Å². The van der Waals surface area contributed by atoms with Crippen molar-refractivity contribution in [2.45, 2.75) is 59.4 Å². The summed E-state index contributed by atoms with van der Waals surface area (Å²) in [6.07, 6.45) is 4.98. The molecule has 3 rings (SSSR count). The Bertz CT molecular complexity index is 1270. The van der Waals surface area contributed by atoms with E-state index in [-0.39, 0.29) is 5.41 Å². The van der Waals surface area contributed by atoms with E-state index in [4.69, 9.17) is 11.6 Å². The maximum atomic E-state index is 6.68. The molecule has 0 amide bonds. The molecular formula is C35H53N6+. The van der Waals surface area contributed by atoms with Crippen LogP contribution in [0.25, 0.3) is 11.4 Å². The quantitative estimate of drug-likeness (QED) is 0.0870. The summed E-state index contributed by atoms with van der Waals surface area (Å²) in [5.41, 5.74) is 18.7. The van der Waals surface area contributed by atoms with E-state index in [0.717, 1.165) is 95.7 Å². The lowest BCUT2D eigenvalue weighted by Crippen LogP contribution is -2.44. The van der Waals surface area contributed by atoms with E-state index in [0.29, 0.717) is 12.2 Å². The Morgan fingerprint density at radius 3 is 2.29 bits per heavy atom. The monoisotopic (exact) mass is 557 g/mol. The molecular weight excluding hydrogens is 504 g/mol. The Morgan fingerprint density at radius 1 is 0.951 bits per heavy atom. The van der Waals surface area contributed by atoms with Crippen LogP contribution < -0.4 is 27.2 Å². The van der Waals surface area contributed by atoms with Crippen molar-refractivity contribution in [1.82, 2.24) is 10.7 Å². The molecule has 0 saturated carbocycles. The fourth-order valence-electron chi connectivity index (χ4n) is 5.20. The van der Waals surface area contributed by atoms with Crippen molar-refractivity contribution >= 4 is 17.1 Å². The molecule has 41 heavy (non-hydrogen) atoms. The summed E-state index contributed by atoms with van der Waals surface area (Å²) in [5, 5.41) is 3.63. The molecule has 0 spiro atoms. The molecule has 2 aromatic rings. The first-order chi connectivity index (χ1) is 19.3. The van der Waals surface area contributed by atoms with Crippen LogP contribution >= 0.6 is 0 Å². The first-order valence-corrected chi connectivity index (χ1v) is 14.8. The fraction of sp³-hybridized carbons (Fsp3) is 0.429. The number of hydrazine groups is 1. The smallest absolute Gasteiger partial charge is 0.0820 e. The van der Waals surface area contributed by atoms with E-state index in [9.17, 15) is 0 Å². The summed E-state index contributed by atoms with van der Waals surface area (Å²) in [7, 11) is 4.64. The Balaban J connectivity index is 1.59. The van der Waals surface area contributed by atoms with Crippen molar-refractivity contribution in [1.29, 1.82) is 0 Å². The average Bonchev–Trinajstić information content (AvgIpc) is 2.93. The van der Waals surface area contributed by atoms with Gasteiger partial charge in [0.05, 0.1) is 44.3 Å². The zero-order valence-electron chi connectivity index (χ0n) is 26.2. The number of nitrogens with one attached hydrogen (secondary N) is 2. The lowest BCUT2D eigenvalue weighted by atomic mass is 9.88. The standard InChI is InChI=1S/C35H53N6/c1-26(2)20-22-41(7,8)23-21-35(5,6)25-38-27(3)14-13-15-28(4)40-24-29-16-9-10-17-30(29)34(39-37)33(36)31-18-11-12-19-32(31)40/h9-12,16-19,38-39H,1,3-4,13-15,20-25,36-37H2,2,5-8H3/q+1/b34-33-. The number of rotatable bonds is 15. The van der Waals surface area contributed by atoms with Crippen LogP contribution in [0.5, 0.6) is 0 Å². The average molecular weight is 558 g/mol.